The Morgan fingerprint density at radius 3 is 2.22 bits per heavy atom. The average molecular weight is 250 g/mol. The Kier molecular flexibility index (Phi) is 3.68. The van der Waals surface area contributed by atoms with Gasteiger partial charge in [0.2, 0.25) is 0 Å². The van der Waals surface area contributed by atoms with Gasteiger partial charge >= 0.3 is 0 Å². The van der Waals surface area contributed by atoms with Gasteiger partial charge in [-0.15, -0.1) is 0 Å². The summed E-state index contributed by atoms with van der Waals surface area (Å²) in [5.74, 6) is 4.97. The molecular weight excluding hydrogens is 220 g/mol. The fourth-order valence-electron chi connectivity index (χ4n) is 4.62. The fourth-order valence-corrected chi connectivity index (χ4v) is 4.62. The van der Waals surface area contributed by atoms with Crippen LogP contribution in [0.5, 0.6) is 0 Å². The average Bonchev–Trinajstić information content (AvgIpc) is 2.36. The molecule has 2 heterocycles. The lowest BCUT2D eigenvalue weighted by molar-refractivity contribution is -0.0528. The molecule has 3 rings (SSSR count). The third-order valence-corrected chi connectivity index (χ3v) is 5.95. The Morgan fingerprint density at radius 1 is 1.06 bits per heavy atom. The van der Waals surface area contributed by atoms with Crippen molar-refractivity contribution in [2.45, 2.75) is 33.1 Å². The van der Waals surface area contributed by atoms with E-state index in [0.717, 1.165) is 29.6 Å². The Bertz CT molecular complexity index is 269. The summed E-state index contributed by atoms with van der Waals surface area (Å²) in [6.07, 6.45) is 4.41. The van der Waals surface area contributed by atoms with E-state index in [4.69, 9.17) is 0 Å². The molecule has 0 aromatic rings. The van der Waals surface area contributed by atoms with Crippen molar-refractivity contribution in [1.29, 1.82) is 0 Å². The summed E-state index contributed by atoms with van der Waals surface area (Å²) in [7, 11) is 2.30. The Labute approximate surface area is 113 Å². The lowest BCUT2D eigenvalue weighted by Gasteiger charge is -2.54. The minimum atomic E-state index is 0.892. The second-order valence-electron chi connectivity index (χ2n) is 7.52. The molecule has 0 spiro atoms. The van der Waals surface area contributed by atoms with Crippen molar-refractivity contribution < 1.29 is 0 Å². The molecule has 1 aliphatic carbocycles. The molecule has 2 heteroatoms. The zero-order valence-corrected chi connectivity index (χ0v) is 12.4. The van der Waals surface area contributed by atoms with Crippen LogP contribution in [0.2, 0.25) is 0 Å². The van der Waals surface area contributed by atoms with Crippen molar-refractivity contribution in [3.63, 3.8) is 0 Å². The number of fused-ring (bicyclic) bond motifs is 2. The number of likely N-dealkylation sites (tertiary alicyclic amines) is 2. The van der Waals surface area contributed by atoms with Crippen molar-refractivity contribution in [2.75, 3.05) is 39.8 Å². The first-order chi connectivity index (χ1) is 8.63. The molecule has 0 amide bonds. The molecule has 0 radical (unpaired) electrons. The highest BCUT2D eigenvalue weighted by Crippen LogP contribution is 2.45. The van der Waals surface area contributed by atoms with Crippen LogP contribution in [0.3, 0.4) is 0 Å². The summed E-state index contributed by atoms with van der Waals surface area (Å²) < 4.78 is 0. The van der Waals surface area contributed by atoms with Gasteiger partial charge in [0.25, 0.3) is 0 Å². The number of hydrogen-bond donors (Lipinski definition) is 0. The standard InChI is InChI=1S/C16H30N2/c1-12(2)13-4-6-18(7-5-13)11-16-14-8-15(16)10-17(3)9-14/h12-16H,4-11H2,1-3H3/t14-,15+,16?. The summed E-state index contributed by atoms with van der Waals surface area (Å²) in [5.41, 5.74) is 0. The zero-order valence-electron chi connectivity index (χ0n) is 12.4. The van der Waals surface area contributed by atoms with Crippen molar-refractivity contribution in [2.24, 2.45) is 29.6 Å². The van der Waals surface area contributed by atoms with E-state index in [1.165, 1.54) is 52.0 Å². The molecule has 0 aromatic heterocycles. The number of hydrogen-bond acceptors (Lipinski definition) is 2. The molecule has 104 valence electrons. The molecular formula is C16H30N2. The maximum absolute atomic E-state index is 2.77. The quantitative estimate of drug-likeness (QED) is 0.759. The SMILES string of the molecule is CC(C)C1CCN(CC2[C@@H]3C[C@H]2CN(C)C3)CC1. The molecule has 1 saturated carbocycles. The van der Waals surface area contributed by atoms with E-state index in [1.54, 1.807) is 0 Å². The summed E-state index contributed by atoms with van der Waals surface area (Å²) >= 11 is 0. The van der Waals surface area contributed by atoms with E-state index < -0.39 is 0 Å². The van der Waals surface area contributed by atoms with Crippen LogP contribution < -0.4 is 0 Å². The molecule has 0 N–H and O–H groups in total. The Morgan fingerprint density at radius 2 is 1.67 bits per heavy atom. The molecule has 18 heavy (non-hydrogen) atoms. The highest BCUT2D eigenvalue weighted by Gasteiger charge is 2.46. The molecule has 3 aliphatic rings. The van der Waals surface area contributed by atoms with Crippen LogP contribution in [0.25, 0.3) is 0 Å². The molecule has 2 nitrogen and oxygen atoms in total. The van der Waals surface area contributed by atoms with E-state index in [9.17, 15) is 0 Å². The van der Waals surface area contributed by atoms with Crippen LogP contribution in [0.1, 0.15) is 33.1 Å². The van der Waals surface area contributed by atoms with Gasteiger partial charge in [0.15, 0.2) is 0 Å². The van der Waals surface area contributed by atoms with Gasteiger partial charge in [-0.05, 0) is 69.0 Å². The van der Waals surface area contributed by atoms with Gasteiger partial charge in [-0.2, -0.15) is 0 Å². The fraction of sp³-hybridized carbons (Fsp3) is 1.00. The minimum Gasteiger partial charge on any atom is -0.306 e. The predicted octanol–water partition coefficient (Wildman–Crippen LogP) is 2.55. The second-order valence-corrected chi connectivity index (χ2v) is 7.52. The minimum absolute atomic E-state index is 0.892. The third kappa shape index (κ3) is 2.46. The number of piperidine rings is 3. The van der Waals surface area contributed by atoms with Crippen molar-refractivity contribution in [3.05, 3.63) is 0 Å². The van der Waals surface area contributed by atoms with Gasteiger partial charge in [0, 0.05) is 19.6 Å². The number of rotatable bonds is 3. The van der Waals surface area contributed by atoms with Gasteiger partial charge in [0.05, 0.1) is 0 Å². The monoisotopic (exact) mass is 250 g/mol. The Hall–Kier alpha value is -0.0800. The van der Waals surface area contributed by atoms with Crippen LogP contribution >= 0.6 is 0 Å². The Balaban J connectivity index is 1.45. The molecule has 2 saturated heterocycles. The van der Waals surface area contributed by atoms with E-state index in [2.05, 4.69) is 30.7 Å². The number of nitrogens with zero attached hydrogens (tertiary/aromatic N) is 2. The lowest BCUT2D eigenvalue weighted by Crippen LogP contribution is -2.57. The van der Waals surface area contributed by atoms with E-state index in [0.29, 0.717) is 0 Å². The predicted molar refractivity (Wildman–Crippen MR) is 76.6 cm³/mol. The van der Waals surface area contributed by atoms with Crippen LogP contribution in [-0.4, -0.2) is 49.6 Å². The molecule has 1 unspecified atom stereocenters. The molecule has 3 atom stereocenters. The first-order valence-electron chi connectivity index (χ1n) is 8.04. The maximum Gasteiger partial charge on any atom is 0.00159 e. The third-order valence-electron chi connectivity index (χ3n) is 5.95. The summed E-state index contributed by atoms with van der Waals surface area (Å²) in [5, 5.41) is 0. The topological polar surface area (TPSA) is 6.48 Å². The highest BCUT2D eigenvalue weighted by molar-refractivity contribution is 4.97. The molecule has 2 aliphatic heterocycles. The van der Waals surface area contributed by atoms with Gasteiger partial charge in [-0.1, -0.05) is 13.8 Å². The molecule has 2 bridgehead atoms. The smallest absolute Gasteiger partial charge is 0.00159 e. The zero-order chi connectivity index (χ0) is 12.7. The van der Waals surface area contributed by atoms with Crippen LogP contribution in [0, 0.1) is 29.6 Å². The van der Waals surface area contributed by atoms with E-state index >= 15 is 0 Å². The first-order valence-corrected chi connectivity index (χ1v) is 8.04. The van der Waals surface area contributed by atoms with Crippen LogP contribution in [-0.2, 0) is 0 Å². The largest absolute Gasteiger partial charge is 0.306 e. The van der Waals surface area contributed by atoms with E-state index in [-0.39, 0.29) is 0 Å². The van der Waals surface area contributed by atoms with Crippen molar-refractivity contribution in [1.82, 2.24) is 9.80 Å². The lowest BCUT2D eigenvalue weighted by atomic mass is 9.61. The molecule has 0 aromatic carbocycles. The second kappa shape index (κ2) is 5.13. The maximum atomic E-state index is 2.77. The highest BCUT2D eigenvalue weighted by atomic mass is 15.2. The van der Waals surface area contributed by atoms with Gasteiger partial charge < -0.3 is 9.80 Å². The first kappa shape index (κ1) is 12.9. The summed E-state index contributed by atoms with van der Waals surface area (Å²) in [6, 6.07) is 0. The van der Waals surface area contributed by atoms with Crippen LogP contribution in [0.4, 0.5) is 0 Å². The van der Waals surface area contributed by atoms with Crippen molar-refractivity contribution >= 4 is 0 Å². The summed E-state index contributed by atoms with van der Waals surface area (Å²) in [6.45, 7) is 11.7. The van der Waals surface area contributed by atoms with Gasteiger partial charge in [-0.25, -0.2) is 0 Å². The summed E-state index contributed by atoms with van der Waals surface area (Å²) in [4.78, 5) is 5.31. The van der Waals surface area contributed by atoms with Gasteiger partial charge in [0.1, 0.15) is 0 Å². The van der Waals surface area contributed by atoms with Crippen molar-refractivity contribution in [3.8, 4) is 0 Å². The molecule has 3 fully saturated rings. The van der Waals surface area contributed by atoms with E-state index in [1.807, 2.05) is 0 Å². The van der Waals surface area contributed by atoms with Gasteiger partial charge in [-0.3, -0.25) is 0 Å². The van der Waals surface area contributed by atoms with Crippen LogP contribution in [0.15, 0.2) is 0 Å². The normalized spacial score (nSPS) is 39.0.